The minimum Gasteiger partial charge on any atom is -0.390 e. The van der Waals surface area contributed by atoms with E-state index in [-0.39, 0.29) is 0 Å². The van der Waals surface area contributed by atoms with E-state index < -0.39 is 5.60 Å². The summed E-state index contributed by atoms with van der Waals surface area (Å²) in [6.45, 7) is 3.72. The van der Waals surface area contributed by atoms with Gasteiger partial charge in [0, 0.05) is 13.1 Å². The molecule has 0 aromatic carbocycles. The maximum absolute atomic E-state index is 9.96. The smallest absolute Gasteiger partial charge is 0.209 e. The fraction of sp³-hybridized carbons (Fsp3) is 0.778. The van der Waals surface area contributed by atoms with Crippen molar-refractivity contribution in [3.05, 3.63) is 3.92 Å². The highest BCUT2D eigenvalue weighted by Crippen LogP contribution is 2.28. The Kier molecular flexibility index (Phi) is 3.27. The van der Waals surface area contributed by atoms with Crippen molar-refractivity contribution in [2.75, 3.05) is 18.0 Å². The fourth-order valence-electron chi connectivity index (χ4n) is 1.78. The van der Waals surface area contributed by atoms with Crippen LogP contribution in [0, 0.1) is 0 Å². The summed E-state index contributed by atoms with van der Waals surface area (Å²) in [7, 11) is 0. The molecule has 1 N–H and O–H groups in total. The lowest BCUT2D eigenvalue weighted by molar-refractivity contribution is 0.0481. The first-order valence-corrected chi connectivity index (χ1v) is 6.64. The Morgan fingerprint density at radius 3 is 2.87 bits per heavy atom. The molecule has 2 heterocycles. The first-order chi connectivity index (χ1) is 7.07. The lowest BCUT2D eigenvalue weighted by atomic mass is 9.98. The molecule has 1 aliphatic heterocycles. The summed E-state index contributed by atoms with van der Waals surface area (Å²) in [5.74, 6) is 0. The third-order valence-electron chi connectivity index (χ3n) is 2.72. The molecule has 1 aromatic heterocycles. The Morgan fingerprint density at radius 2 is 2.20 bits per heavy atom. The summed E-state index contributed by atoms with van der Waals surface area (Å²) in [4.78, 5) is 2.20. The second-order valence-corrected chi connectivity index (χ2v) is 6.41. The van der Waals surface area contributed by atoms with Gasteiger partial charge in [0.15, 0.2) is 3.92 Å². The van der Waals surface area contributed by atoms with Crippen LogP contribution in [0.1, 0.15) is 26.2 Å². The van der Waals surface area contributed by atoms with Gasteiger partial charge in [-0.3, -0.25) is 0 Å². The number of aromatic nitrogens is 2. The van der Waals surface area contributed by atoms with Gasteiger partial charge in [-0.25, -0.2) is 0 Å². The van der Waals surface area contributed by atoms with E-state index in [0.29, 0.717) is 0 Å². The van der Waals surface area contributed by atoms with E-state index in [2.05, 4.69) is 31.0 Å². The van der Waals surface area contributed by atoms with E-state index in [0.717, 1.165) is 41.4 Å². The predicted octanol–water partition coefficient (Wildman–Crippen LogP) is 2.04. The van der Waals surface area contributed by atoms with Crippen LogP contribution < -0.4 is 4.90 Å². The molecule has 6 heteroatoms. The number of nitrogens with zero attached hydrogens (tertiary/aromatic N) is 3. The molecule has 1 atom stereocenters. The summed E-state index contributed by atoms with van der Waals surface area (Å²) < 4.78 is 0.813. The highest BCUT2D eigenvalue weighted by atomic mass is 79.9. The second kappa shape index (κ2) is 4.35. The van der Waals surface area contributed by atoms with Crippen LogP contribution in [0.25, 0.3) is 0 Å². The monoisotopic (exact) mass is 291 g/mol. The van der Waals surface area contributed by atoms with Crippen molar-refractivity contribution in [1.29, 1.82) is 0 Å². The summed E-state index contributed by atoms with van der Waals surface area (Å²) >= 11 is 4.85. The standard InChI is InChI=1S/C9H14BrN3OS/c1-9(14)3-2-5-13(6-4-9)8-12-11-7(10)15-8/h14H,2-6H2,1H3. The van der Waals surface area contributed by atoms with Crippen molar-refractivity contribution in [2.45, 2.75) is 31.8 Å². The molecule has 2 rings (SSSR count). The molecular weight excluding hydrogens is 278 g/mol. The minimum absolute atomic E-state index is 0.517. The van der Waals surface area contributed by atoms with Crippen molar-refractivity contribution < 1.29 is 5.11 Å². The Hall–Kier alpha value is -0.200. The van der Waals surface area contributed by atoms with Gasteiger partial charge in [-0.15, -0.1) is 10.2 Å². The minimum atomic E-state index is -0.517. The van der Waals surface area contributed by atoms with E-state index >= 15 is 0 Å². The highest BCUT2D eigenvalue weighted by molar-refractivity contribution is 9.11. The van der Waals surface area contributed by atoms with Crippen LogP contribution in [0.3, 0.4) is 0 Å². The Balaban J connectivity index is 2.05. The van der Waals surface area contributed by atoms with Gasteiger partial charge in [0.2, 0.25) is 5.13 Å². The first-order valence-electron chi connectivity index (χ1n) is 5.03. The normalized spacial score (nSPS) is 27.8. The Bertz CT molecular complexity index is 342. The van der Waals surface area contributed by atoms with Crippen LogP contribution >= 0.6 is 27.3 Å². The summed E-state index contributed by atoms with van der Waals surface area (Å²) in [5.41, 5.74) is -0.517. The van der Waals surface area contributed by atoms with Crippen molar-refractivity contribution in [2.24, 2.45) is 0 Å². The third-order valence-corrected chi connectivity index (χ3v) is 4.14. The maximum Gasteiger partial charge on any atom is 0.209 e. The number of hydrogen-bond acceptors (Lipinski definition) is 5. The lowest BCUT2D eigenvalue weighted by Crippen LogP contribution is -2.28. The molecule has 4 nitrogen and oxygen atoms in total. The average Bonchev–Trinajstić information content (AvgIpc) is 2.49. The molecule has 15 heavy (non-hydrogen) atoms. The van der Waals surface area contributed by atoms with E-state index in [1.165, 1.54) is 0 Å². The molecule has 1 saturated heterocycles. The van der Waals surface area contributed by atoms with Crippen molar-refractivity contribution in [3.8, 4) is 0 Å². The summed E-state index contributed by atoms with van der Waals surface area (Å²) in [6, 6.07) is 0. The van der Waals surface area contributed by atoms with Gasteiger partial charge in [0.25, 0.3) is 0 Å². The zero-order chi connectivity index (χ0) is 10.9. The molecule has 0 radical (unpaired) electrons. The van der Waals surface area contributed by atoms with Gasteiger partial charge in [-0.2, -0.15) is 0 Å². The Labute approximate surface area is 101 Å². The van der Waals surface area contributed by atoms with Crippen LogP contribution in [0.15, 0.2) is 3.92 Å². The number of hydrogen-bond donors (Lipinski definition) is 1. The van der Waals surface area contributed by atoms with Gasteiger partial charge >= 0.3 is 0 Å². The number of anilines is 1. The molecule has 0 spiro atoms. The molecule has 0 amide bonds. The van der Waals surface area contributed by atoms with Gasteiger partial charge in [0.05, 0.1) is 5.60 Å². The topological polar surface area (TPSA) is 49.2 Å². The zero-order valence-corrected chi connectivity index (χ0v) is 11.0. The van der Waals surface area contributed by atoms with Crippen molar-refractivity contribution >= 4 is 32.4 Å². The zero-order valence-electron chi connectivity index (χ0n) is 8.61. The molecule has 0 aliphatic carbocycles. The van der Waals surface area contributed by atoms with Crippen LogP contribution in [0.2, 0.25) is 0 Å². The van der Waals surface area contributed by atoms with E-state index in [9.17, 15) is 5.11 Å². The molecule has 0 saturated carbocycles. The number of aliphatic hydroxyl groups is 1. The molecule has 1 aliphatic rings. The molecule has 84 valence electrons. The Morgan fingerprint density at radius 1 is 1.40 bits per heavy atom. The predicted molar refractivity (Wildman–Crippen MR) is 64.3 cm³/mol. The summed E-state index contributed by atoms with van der Waals surface area (Å²) in [5, 5.41) is 18.9. The third kappa shape index (κ3) is 2.89. The first kappa shape index (κ1) is 11.3. The van der Waals surface area contributed by atoms with Crippen LogP contribution in [0.5, 0.6) is 0 Å². The molecule has 1 fully saturated rings. The number of halogens is 1. The molecular formula is C9H14BrN3OS. The van der Waals surface area contributed by atoms with Gasteiger partial charge < -0.3 is 10.0 Å². The van der Waals surface area contributed by atoms with Crippen LogP contribution in [-0.2, 0) is 0 Å². The highest BCUT2D eigenvalue weighted by Gasteiger charge is 2.26. The summed E-state index contributed by atoms with van der Waals surface area (Å²) in [6.07, 6.45) is 2.66. The van der Waals surface area contributed by atoms with Gasteiger partial charge in [0.1, 0.15) is 0 Å². The van der Waals surface area contributed by atoms with E-state index in [4.69, 9.17) is 0 Å². The molecule has 0 bridgehead atoms. The van der Waals surface area contributed by atoms with Crippen molar-refractivity contribution in [3.63, 3.8) is 0 Å². The van der Waals surface area contributed by atoms with E-state index in [1.807, 2.05) is 6.92 Å². The average molecular weight is 292 g/mol. The second-order valence-electron chi connectivity index (χ2n) is 4.18. The quantitative estimate of drug-likeness (QED) is 0.860. The largest absolute Gasteiger partial charge is 0.390 e. The van der Waals surface area contributed by atoms with Crippen LogP contribution in [0.4, 0.5) is 5.13 Å². The van der Waals surface area contributed by atoms with Crippen LogP contribution in [-0.4, -0.2) is 34.0 Å². The van der Waals surface area contributed by atoms with Gasteiger partial charge in [-0.1, -0.05) is 11.3 Å². The number of rotatable bonds is 1. The lowest BCUT2D eigenvalue weighted by Gasteiger charge is -2.21. The van der Waals surface area contributed by atoms with E-state index in [1.54, 1.807) is 11.3 Å². The van der Waals surface area contributed by atoms with Crippen molar-refractivity contribution in [1.82, 2.24) is 10.2 Å². The maximum atomic E-state index is 9.96. The van der Waals surface area contributed by atoms with Gasteiger partial charge in [-0.05, 0) is 42.1 Å². The molecule has 1 unspecified atom stereocenters. The molecule has 1 aromatic rings. The SMILES string of the molecule is CC1(O)CCCN(c2nnc(Br)s2)CC1. The fourth-order valence-corrected chi connectivity index (χ4v) is 2.92.